The van der Waals surface area contributed by atoms with Crippen molar-refractivity contribution in [2.75, 3.05) is 0 Å². The van der Waals surface area contributed by atoms with E-state index in [4.69, 9.17) is 0 Å². The minimum absolute atomic E-state index is 0.731. The van der Waals surface area contributed by atoms with Crippen molar-refractivity contribution in [3.63, 3.8) is 0 Å². The van der Waals surface area contributed by atoms with Crippen molar-refractivity contribution in [3.8, 4) is 0 Å². The molecule has 0 heterocycles. The van der Waals surface area contributed by atoms with E-state index in [0.29, 0.717) is 0 Å². The van der Waals surface area contributed by atoms with Crippen LogP contribution in [-0.2, 0) is 0 Å². The van der Waals surface area contributed by atoms with Crippen LogP contribution in [0.3, 0.4) is 0 Å². The molecular formula is C10H18. The predicted octanol–water partition coefficient (Wildman–Crippen LogP) is 3.22. The first-order valence-electron chi connectivity index (χ1n) is 4.68. The van der Waals surface area contributed by atoms with E-state index >= 15 is 0 Å². The van der Waals surface area contributed by atoms with Gasteiger partial charge >= 0.3 is 0 Å². The second-order valence-corrected chi connectivity index (χ2v) is 4.91. The Bertz CT molecular complexity index is 131. The summed E-state index contributed by atoms with van der Waals surface area (Å²) in [5.41, 5.74) is 0.731. The first-order chi connectivity index (χ1) is 4.68. The van der Waals surface area contributed by atoms with Crippen LogP contribution in [0.4, 0.5) is 0 Å². The molecule has 0 aromatic rings. The van der Waals surface area contributed by atoms with E-state index in [-0.39, 0.29) is 0 Å². The summed E-state index contributed by atoms with van der Waals surface area (Å²) >= 11 is 0. The van der Waals surface area contributed by atoms with Crippen molar-refractivity contribution < 1.29 is 0 Å². The van der Waals surface area contributed by atoms with Crippen LogP contribution in [0, 0.1) is 17.3 Å². The van der Waals surface area contributed by atoms with Gasteiger partial charge in [0.25, 0.3) is 0 Å². The molecule has 1 atom stereocenters. The maximum atomic E-state index is 2.41. The van der Waals surface area contributed by atoms with E-state index in [1.54, 1.807) is 0 Å². The monoisotopic (exact) mass is 138 g/mol. The summed E-state index contributed by atoms with van der Waals surface area (Å²) in [6.07, 6.45) is 7.63. The first-order valence-corrected chi connectivity index (χ1v) is 4.68. The molecule has 0 N–H and O–H groups in total. The number of rotatable bonds is 3. The molecule has 0 radical (unpaired) electrons. The van der Waals surface area contributed by atoms with Gasteiger partial charge in [-0.25, -0.2) is 0 Å². The van der Waals surface area contributed by atoms with E-state index in [0.717, 1.165) is 17.3 Å². The fourth-order valence-electron chi connectivity index (χ4n) is 1.91. The molecule has 0 heteroatoms. The topological polar surface area (TPSA) is 0 Å². The highest BCUT2D eigenvalue weighted by atomic mass is 14.5. The third kappa shape index (κ3) is 1.36. The van der Waals surface area contributed by atoms with Crippen LogP contribution in [0.1, 0.15) is 46.0 Å². The second-order valence-electron chi connectivity index (χ2n) is 4.91. The van der Waals surface area contributed by atoms with Crippen LogP contribution in [0.15, 0.2) is 0 Å². The Hall–Kier alpha value is 0. The van der Waals surface area contributed by atoms with Crippen molar-refractivity contribution >= 4 is 0 Å². The molecule has 0 amide bonds. The maximum absolute atomic E-state index is 2.41. The van der Waals surface area contributed by atoms with Gasteiger partial charge < -0.3 is 0 Å². The molecule has 0 aromatic heterocycles. The third-order valence-electron chi connectivity index (χ3n) is 3.34. The van der Waals surface area contributed by atoms with Gasteiger partial charge in [0.2, 0.25) is 0 Å². The van der Waals surface area contributed by atoms with Crippen molar-refractivity contribution in [2.45, 2.75) is 46.0 Å². The summed E-state index contributed by atoms with van der Waals surface area (Å²) in [5.74, 6) is 2.24. The fourth-order valence-corrected chi connectivity index (χ4v) is 1.91. The minimum Gasteiger partial charge on any atom is -0.0596 e. The Morgan fingerprint density at radius 2 is 1.80 bits per heavy atom. The third-order valence-corrected chi connectivity index (χ3v) is 3.34. The molecule has 0 nitrogen and oxygen atoms in total. The average molecular weight is 138 g/mol. The lowest BCUT2D eigenvalue weighted by Gasteiger charge is -2.00. The van der Waals surface area contributed by atoms with Gasteiger partial charge in [-0.2, -0.15) is 0 Å². The van der Waals surface area contributed by atoms with Gasteiger partial charge in [0.15, 0.2) is 0 Å². The predicted molar refractivity (Wildman–Crippen MR) is 43.8 cm³/mol. The van der Waals surface area contributed by atoms with E-state index in [1.807, 2.05) is 0 Å². The molecule has 0 spiro atoms. The normalized spacial score (nSPS) is 36.0. The van der Waals surface area contributed by atoms with Crippen LogP contribution >= 0.6 is 0 Å². The Kier molecular flexibility index (Phi) is 1.33. The summed E-state index contributed by atoms with van der Waals surface area (Å²) in [5, 5.41) is 0. The van der Waals surface area contributed by atoms with Gasteiger partial charge in [0.1, 0.15) is 0 Å². The Labute approximate surface area is 64.0 Å². The van der Waals surface area contributed by atoms with Crippen LogP contribution < -0.4 is 0 Å². The Balaban J connectivity index is 1.64. The summed E-state index contributed by atoms with van der Waals surface area (Å²) in [6.45, 7) is 4.81. The first kappa shape index (κ1) is 6.69. The lowest BCUT2D eigenvalue weighted by molar-refractivity contribution is 0.503. The highest BCUT2D eigenvalue weighted by Gasteiger charge is 2.45. The molecule has 2 rings (SSSR count). The molecule has 10 heavy (non-hydrogen) atoms. The van der Waals surface area contributed by atoms with Crippen LogP contribution in [0.2, 0.25) is 0 Å². The summed E-state index contributed by atoms with van der Waals surface area (Å²) in [7, 11) is 0. The number of hydrogen-bond donors (Lipinski definition) is 0. The van der Waals surface area contributed by atoms with E-state index < -0.39 is 0 Å². The molecular weight excluding hydrogens is 120 g/mol. The molecule has 0 aliphatic heterocycles. The van der Waals surface area contributed by atoms with Crippen molar-refractivity contribution in [1.82, 2.24) is 0 Å². The largest absolute Gasteiger partial charge is 0.0596 e. The van der Waals surface area contributed by atoms with E-state index in [2.05, 4.69) is 13.8 Å². The van der Waals surface area contributed by atoms with Crippen LogP contribution in [-0.4, -0.2) is 0 Å². The maximum Gasteiger partial charge on any atom is -0.0323 e. The van der Waals surface area contributed by atoms with E-state index in [1.165, 1.54) is 32.1 Å². The van der Waals surface area contributed by atoms with Crippen molar-refractivity contribution in [1.29, 1.82) is 0 Å². The smallest absolute Gasteiger partial charge is 0.0323 e. The van der Waals surface area contributed by atoms with Crippen LogP contribution in [0.5, 0.6) is 0 Å². The molecule has 58 valence electrons. The molecule has 1 unspecified atom stereocenters. The van der Waals surface area contributed by atoms with Crippen LogP contribution in [0.25, 0.3) is 0 Å². The lowest BCUT2D eigenvalue weighted by atomic mass is 10.1. The van der Waals surface area contributed by atoms with Gasteiger partial charge in [-0.05, 0) is 30.1 Å². The molecule has 2 fully saturated rings. The Morgan fingerprint density at radius 3 is 2.20 bits per heavy atom. The minimum atomic E-state index is 0.731. The summed E-state index contributed by atoms with van der Waals surface area (Å²) < 4.78 is 0. The van der Waals surface area contributed by atoms with Gasteiger partial charge in [-0.15, -0.1) is 0 Å². The van der Waals surface area contributed by atoms with Gasteiger partial charge in [0.05, 0.1) is 0 Å². The quantitative estimate of drug-likeness (QED) is 0.561. The van der Waals surface area contributed by atoms with Gasteiger partial charge in [-0.3, -0.25) is 0 Å². The van der Waals surface area contributed by atoms with Crippen molar-refractivity contribution in [3.05, 3.63) is 0 Å². The lowest BCUT2D eigenvalue weighted by Crippen LogP contribution is -1.90. The molecule has 0 bridgehead atoms. The summed E-state index contributed by atoms with van der Waals surface area (Å²) in [4.78, 5) is 0. The van der Waals surface area contributed by atoms with E-state index in [9.17, 15) is 0 Å². The molecule has 0 aromatic carbocycles. The zero-order valence-corrected chi connectivity index (χ0v) is 7.19. The summed E-state index contributed by atoms with van der Waals surface area (Å²) in [6, 6.07) is 0. The number of hydrogen-bond acceptors (Lipinski definition) is 0. The second kappa shape index (κ2) is 1.99. The average Bonchev–Trinajstić information content (AvgIpc) is 2.65. The van der Waals surface area contributed by atoms with Gasteiger partial charge in [0, 0.05) is 0 Å². The molecule has 2 saturated carbocycles. The molecule has 2 aliphatic rings. The van der Waals surface area contributed by atoms with Gasteiger partial charge in [-0.1, -0.05) is 33.1 Å². The SMILES string of the molecule is CC1(C)CC1CCC1CC1. The fraction of sp³-hybridized carbons (Fsp3) is 1.00. The van der Waals surface area contributed by atoms with Crippen molar-refractivity contribution in [2.24, 2.45) is 17.3 Å². The zero-order valence-electron chi connectivity index (χ0n) is 7.19. The molecule has 0 saturated heterocycles. The Morgan fingerprint density at radius 1 is 1.20 bits per heavy atom. The highest BCUT2D eigenvalue weighted by Crippen LogP contribution is 2.55. The zero-order chi connectivity index (χ0) is 7.19. The standard InChI is InChI=1S/C10H18/c1-10(2)7-9(10)6-5-8-3-4-8/h8-9H,3-7H2,1-2H3. The molecule has 2 aliphatic carbocycles. The highest BCUT2D eigenvalue weighted by molar-refractivity contribution is 4.95.